The van der Waals surface area contributed by atoms with E-state index in [1.54, 1.807) is 52.0 Å². The summed E-state index contributed by atoms with van der Waals surface area (Å²) in [4.78, 5) is 36.0. The number of aryl methyl sites for hydroxylation is 6. The van der Waals surface area contributed by atoms with Gasteiger partial charge in [-0.15, -0.1) is 12.4 Å². The Bertz CT molecular complexity index is 827. The first kappa shape index (κ1) is 22.3. The predicted octanol–water partition coefficient (Wildman–Crippen LogP) is 5.21. The van der Waals surface area contributed by atoms with Gasteiger partial charge >= 0.3 is 7.37 Å². The third kappa shape index (κ3) is 3.98. The fraction of sp³-hybridized carbons (Fsp3) is 0.300. The van der Waals surface area contributed by atoms with Crippen LogP contribution in [-0.4, -0.2) is 15.9 Å². The molecule has 0 radical (unpaired) electrons. The molecule has 0 aliphatic carbocycles. The molecule has 0 amide bonds. The highest BCUT2D eigenvalue weighted by atomic mass is 35.5. The van der Waals surface area contributed by atoms with E-state index >= 15 is 0 Å². The van der Waals surface area contributed by atoms with E-state index in [2.05, 4.69) is 0 Å². The third-order valence-electron chi connectivity index (χ3n) is 4.33. The third-order valence-corrected chi connectivity index (χ3v) is 5.88. The number of rotatable bonds is 4. The fourth-order valence-corrected chi connectivity index (χ4v) is 4.93. The number of hydrogen-bond donors (Lipinski definition) is 1. The molecule has 0 saturated carbocycles. The van der Waals surface area contributed by atoms with Gasteiger partial charge in [-0.1, -0.05) is 35.4 Å². The molecule has 140 valence electrons. The molecule has 0 aliphatic rings. The Balaban J connectivity index is 0.00000338. The fourth-order valence-electron chi connectivity index (χ4n) is 3.43. The van der Waals surface area contributed by atoms with E-state index in [-0.39, 0.29) is 23.5 Å². The van der Waals surface area contributed by atoms with Gasteiger partial charge in [-0.3, -0.25) is 14.2 Å². The summed E-state index contributed by atoms with van der Waals surface area (Å²) in [7, 11) is -4.73. The predicted molar refractivity (Wildman–Crippen MR) is 107 cm³/mol. The number of carbonyl (C=O) groups excluding carboxylic acids is 2. The van der Waals surface area contributed by atoms with Crippen LogP contribution in [-0.2, 0) is 4.57 Å². The van der Waals surface area contributed by atoms with E-state index in [4.69, 9.17) is 0 Å². The van der Waals surface area contributed by atoms with Gasteiger partial charge in [0.05, 0.1) is 0 Å². The van der Waals surface area contributed by atoms with Gasteiger partial charge in [-0.2, -0.15) is 0 Å². The summed E-state index contributed by atoms with van der Waals surface area (Å²) < 4.78 is 12.8. The Labute approximate surface area is 160 Å². The molecule has 0 aliphatic heterocycles. The number of hydrogen-bond acceptors (Lipinski definition) is 3. The summed E-state index contributed by atoms with van der Waals surface area (Å²) in [5, 5.41) is 0. The lowest BCUT2D eigenvalue weighted by Crippen LogP contribution is -2.15. The van der Waals surface area contributed by atoms with Crippen molar-refractivity contribution < 1.29 is 19.0 Å². The molecule has 26 heavy (non-hydrogen) atoms. The molecule has 2 aromatic rings. The Morgan fingerprint density at radius 2 is 0.923 bits per heavy atom. The number of carbonyl (C=O) groups is 2. The maximum absolute atomic E-state index is 12.8. The van der Waals surface area contributed by atoms with Crippen LogP contribution in [0.4, 0.5) is 0 Å². The molecule has 6 heteroatoms. The topological polar surface area (TPSA) is 71.4 Å². The molecule has 0 fully saturated rings. The second kappa shape index (κ2) is 7.87. The van der Waals surface area contributed by atoms with Crippen molar-refractivity contribution in [2.45, 2.75) is 41.5 Å². The summed E-state index contributed by atoms with van der Waals surface area (Å²) in [6.45, 7) is 10.6. The smallest absolute Gasteiger partial charge is 0.333 e. The van der Waals surface area contributed by atoms with Crippen molar-refractivity contribution in [3.63, 3.8) is 0 Å². The summed E-state index contributed by atoms with van der Waals surface area (Å²) in [5.41, 5.74) is 2.64. The van der Waals surface area contributed by atoms with Gasteiger partial charge < -0.3 is 4.89 Å². The Morgan fingerprint density at radius 3 is 1.15 bits per heavy atom. The van der Waals surface area contributed by atoms with E-state index in [1.165, 1.54) is 0 Å². The Kier molecular flexibility index (Phi) is 6.75. The molecule has 0 atom stereocenters. The molecule has 0 heterocycles. The van der Waals surface area contributed by atoms with Crippen LogP contribution in [0.25, 0.3) is 0 Å². The summed E-state index contributed by atoms with van der Waals surface area (Å²) >= 11 is 0. The molecule has 0 spiro atoms. The Morgan fingerprint density at radius 1 is 0.692 bits per heavy atom. The van der Waals surface area contributed by atoms with Crippen LogP contribution in [0.3, 0.4) is 0 Å². The zero-order chi connectivity index (χ0) is 19.1. The lowest BCUT2D eigenvalue weighted by Gasteiger charge is -2.16. The molecular formula is C20H24ClO4P. The summed E-state index contributed by atoms with van der Waals surface area (Å²) in [5.74, 6) is 0. The van der Waals surface area contributed by atoms with E-state index in [9.17, 15) is 19.0 Å². The van der Waals surface area contributed by atoms with E-state index in [0.717, 1.165) is 11.1 Å². The highest BCUT2D eigenvalue weighted by Crippen LogP contribution is 2.49. The quantitative estimate of drug-likeness (QED) is 0.722. The van der Waals surface area contributed by atoms with Crippen LogP contribution >= 0.6 is 19.8 Å². The lowest BCUT2D eigenvalue weighted by atomic mass is 10.0. The molecule has 2 aromatic carbocycles. The highest BCUT2D eigenvalue weighted by Gasteiger charge is 2.41. The second-order valence-corrected chi connectivity index (χ2v) is 8.70. The van der Waals surface area contributed by atoms with Crippen molar-refractivity contribution in [3.8, 4) is 0 Å². The average Bonchev–Trinajstić information content (AvgIpc) is 2.44. The maximum Gasteiger partial charge on any atom is 0.337 e. The monoisotopic (exact) mass is 394 g/mol. The highest BCUT2D eigenvalue weighted by molar-refractivity contribution is 7.91. The zero-order valence-electron chi connectivity index (χ0n) is 15.8. The van der Waals surface area contributed by atoms with Gasteiger partial charge in [-0.25, -0.2) is 0 Å². The lowest BCUT2D eigenvalue weighted by molar-refractivity contribution is 0.101. The second-order valence-electron chi connectivity index (χ2n) is 6.73. The van der Waals surface area contributed by atoms with Gasteiger partial charge in [-0.05, 0) is 63.8 Å². The average molecular weight is 395 g/mol. The van der Waals surface area contributed by atoms with Gasteiger partial charge in [0.2, 0.25) is 0 Å². The van der Waals surface area contributed by atoms with Crippen LogP contribution in [0, 0.1) is 41.5 Å². The van der Waals surface area contributed by atoms with Crippen molar-refractivity contribution >= 4 is 30.8 Å². The summed E-state index contributed by atoms with van der Waals surface area (Å²) in [6.07, 6.45) is 0. The largest absolute Gasteiger partial charge is 0.337 e. The number of halogens is 1. The van der Waals surface area contributed by atoms with E-state index in [0.29, 0.717) is 22.3 Å². The van der Waals surface area contributed by atoms with Crippen molar-refractivity contribution in [1.29, 1.82) is 0 Å². The van der Waals surface area contributed by atoms with E-state index in [1.807, 2.05) is 13.8 Å². The molecule has 4 nitrogen and oxygen atoms in total. The molecular weight excluding hydrogens is 371 g/mol. The normalized spacial score (nSPS) is 11.0. The minimum absolute atomic E-state index is 0. The van der Waals surface area contributed by atoms with Crippen molar-refractivity contribution in [2.75, 3.05) is 0 Å². The SMILES string of the molecule is Cc1cc(C)c(C(=O)P(=O)(O)C(=O)c2c(C)cc(C)cc2C)c(C)c1.Cl. The minimum atomic E-state index is -4.73. The zero-order valence-corrected chi connectivity index (χ0v) is 17.5. The Hall–Kier alpha value is -1.74. The first-order valence-electron chi connectivity index (χ1n) is 8.05. The van der Waals surface area contributed by atoms with Gasteiger partial charge in [0.15, 0.2) is 0 Å². The number of benzene rings is 2. The molecule has 0 unspecified atom stereocenters. The van der Waals surface area contributed by atoms with Gasteiger partial charge in [0.1, 0.15) is 0 Å². The van der Waals surface area contributed by atoms with Crippen LogP contribution in [0.5, 0.6) is 0 Å². The first-order chi connectivity index (χ1) is 11.5. The van der Waals surface area contributed by atoms with Crippen LogP contribution in [0.1, 0.15) is 54.1 Å². The van der Waals surface area contributed by atoms with Crippen LogP contribution in [0.2, 0.25) is 0 Å². The maximum atomic E-state index is 12.8. The molecule has 0 aromatic heterocycles. The molecule has 1 N–H and O–H groups in total. The van der Waals surface area contributed by atoms with Crippen LogP contribution < -0.4 is 0 Å². The van der Waals surface area contributed by atoms with Crippen molar-refractivity contribution in [1.82, 2.24) is 0 Å². The van der Waals surface area contributed by atoms with Crippen molar-refractivity contribution in [2.24, 2.45) is 0 Å². The molecule has 2 rings (SSSR count). The summed E-state index contributed by atoms with van der Waals surface area (Å²) in [6, 6.07) is 7.08. The van der Waals surface area contributed by atoms with Gasteiger partial charge in [0.25, 0.3) is 11.0 Å². The minimum Gasteiger partial charge on any atom is -0.333 e. The van der Waals surface area contributed by atoms with E-state index < -0.39 is 18.4 Å². The molecule has 0 saturated heterocycles. The van der Waals surface area contributed by atoms with Gasteiger partial charge in [0, 0.05) is 11.1 Å². The van der Waals surface area contributed by atoms with Crippen molar-refractivity contribution in [3.05, 3.63) is 68.8 Å². The van der Waals surface area contributed by atoms with Crippen LogP contribution in [0.15, 0.2) is 24.3 Å². The first-order valence-corrected chi connectivity index (χ1v) is 9.71. The standard InChI is InChI=1S/C20H23O4P.ClH/c1-11-7-13(3)17(14(4)8-11)19(21)25(23,24)20(22)18-15(5)9-12(2)10-16(18)6;/h7-10H,1-6H3,(H,23,24);1H. The molecule has 0 bridgehead atoms.